The quantitative estimate of drug-likeness (QED) is 0.327. The second-order valence-electron chi connectivity index (χ2n) is 4.26. The summed E-state index contributed by atoms with van der Waals surface area (Å²) in [5.74, 6) is 0. The maximum Gasteiger partial charge on any atom is 0.416 e. The summed E-state index contributed by atoms with van der Waals surface area (Å²) >= 11 is 11.7. The van der Waals surface area contributed by atoms with Gasteiger partial charge in [0.25, 0.3) is 0 Å². The average molecular weight is 378 g/mol. The standard InChI is InChI=1S/C11H9Cl2F4N3OS/c1-6-18(10(21)19(17)20(6)22-9(12)13)8-4-2-7(3-5-8)11(14,15)16/h2-6,9H,1H3. The number of rotatable bonds is 3. The Kier molecular flexibility index (Phi) is 5.00. The van der Waals surface area contributed by atoms with E-state index in [0.29, 0.717) is 11.9 Å². The molecular weight excluding hydrogens is 369 g/mol. The van der Waals surface area contributed by atoms with Crippen LogP contribution in [0.1, 0.15) is 12.5 Å². The number of alkyl halides is 5. The Balaban J connectivity index is 2.26. The predicted octanol–water partition coefficient (Wildman–Crippen LogP) is 4.80. The number of nitrogens with zero attached hydrogens (tertiary/aromatic N) is 3. The largest absolute Gasteiger partial charge is 0.416 e. The zero-order valence-corrected chi connectivity index (χ0v) is 13.2. The van der Waals surface area contributed by atoms with Crippen molar-refractivity contribution in [1.82, 2.24) is 9.65 Å². The van der Waals surface area contributed by atoms with Crippen LogP contribution in [0.25, 0.3) is 0 Å². The fourth-order valence-corrected chi connectivity index (χ4v) is 3.00. The molecule has 1 atom stereocenters. The summed E-state index contributed by atoms with van der Waals surface area (Å²) < 4.78 is 51.3. The maximum atomic E-state index is 13.8. The van der Waals surface area contributed by atoms with Gasteiger partial charge in [0.15, 0.2) is 4.17 Å². The molecule has 0 aromatic heterocycles. The Hall–Kier alpha value is -0.900. The number of hydrogen-bond acceptors (Lipinski definition) is 3. The van der Waals surface area contributed by atoms with Crippen molar-refractivity contribution in [3.63, 3.8) is 0 Å². The minimum absolute atomic E-state index is 0.122. The number of hydrogen-bond donors (Lipinski definition) is 0. The minimum Gasteiger partial charge on any atom is -0.272 e. The third-order valence-electron chi connectivity index (χ3n) is 2.89. The first kappa shape index (κ1) is 17.5. The molecule has 1 unspecified atom stereocenters. The molecule has 4 nitrogen and oxygen atoms in total. The Labute approximate surface area is 137 Å². The van der Waals surface area contributed by atoms with Gasteiger partial charge in [-0.1, -0.05) is 32.9 Å². The normalized spacial score (nSPS) is 20.4. The molecule has 0 saturated carbocycles. The van der Waals surface area contributed by atoms with Gasteiger partial charge in [0.2, 0.25) is 0 Å². The summed E-state index contributed by atoms with van der Waals surface area (Å²) in [6.45, 7) is 1.48. The van der Waals surface area contributed by atoms with Crippen molar-refractivity contribution < 1.29 is 22.4 Å². The van der Waals surface area contributed by atoms with Gasteiger partial charge in [0.1, 0.15) is 6.17 Å². The molecule has 1 saturated heterocycles. The monoisotopic (exact) mass is 377 g/mol. The summed E-state index contributed by atoms with van der Waals surface area (Å²) in [6.07, 6.45) is -5.31. The summed E-state index contributed by atoms with van der Waals surface area (Å²) in [6, 6.07) is 2.78. The molecule has 0 N–H and O–H groups in total. The molecule has 1 aromatic rings. The van der Waals surface area contributed by atoms with E-state index in [1.54, 1.807) is 0 Å². The van der Waals surface area contributed by atoms with Crippen LogP contribution < -0.4 is 4.90 Å². The Bertz CT molecular complexity index is 557. The highest BCUT2D eigenvalue weighted by Gasteiger charge is 2.45. The maximum absolute atomic E-state index is 13.8. The van der Waals surface area contributed by atoms with Gasteiger partial charge in [-0.05, 0) is 43.1 Å². The molecule has 0 bridgehead atoms. The summed E-state index contributed by atoms with van der Waals surface area (Å²) in [7, 11) is 0. The molecule has 1 heterocycles. The van der Waals surface area contributed by atoms with E-state index in [1.807, 2.05) is 0 Å². The van der Waals surface area contributed by atoms with Gasteiger partial charge in [0, 0.05) is 5.69 Å². The summed E-state index contributed by atoms with van der Waals surface area (Å²) in [4.78, 5) is 12.9. The number of hydrazine groups is 1. The van der Waals surface area contributed by atoms with Crippen molar-refractivity contribution in [2.45, 2.75) is 23.4 Å². The van der Waals surface area contributed by atoms with Gasteiger partial charge in [-0.15, -0.1) is 4.41 Å². The van der Waals surface area contributed by atoms with Crippen LogP contribution in [0, 0.1) is 0 Å². The topological polar surface area (TPSA) is 26.8 Å². The molecule has 22 heavy (non-hydrogen) atoms. The molecule has 0 spiro atoms. The van der Waals surface area contributed by atoms with Gasteiger partial charge >= 0.3 is 12.2 Å². The lowest BCUT2D eigenvalue weighted by atomic mass is 10.2. The number of anilines is 1. The zero-order valence-electron chi connectivity index (χ0n) is 10.9. The molecule has 2 rings (SSSR count). The Morgan fingerprint density at radius 1 is 1.23 bits per heavy atom. The van der Waals surface area contributed by atoms with E-state index in [-0.39, 0.29) is 10.9 Å². The minimum atomic E-state index is -4.49. The molecule has 2 amide bonds. The number of carbonyl (C=O) groups excluding carboxylic acids is 1. The molecule has 11 heteroatoms. The van der Waals surface area contributed by atoms with Crippen LogP contribution in [-0.2, 0) is 6.18 Å². The lowest BCUT2D eigenvalue weighted by molar-refractivity contribution is -0.137. The predicted molar refractivity (Wildman–Crippen MR) is 76.7 cm³/mol. The van der Waals surface area contributed by atoms with E-state index in [4.69, 9.17) is 23.2 Å². The number of carbonyl (C=O) groups is 1. The third-order valence-corrected chi connectivity index (χ3v) is 4.19. The Morgan fingerprint density at radius 2 is 1.77 bits per heavy atom. The Morgan fingerprint density at radius 3 is 2.23 bits per heavy atom. The first-order chi connectivity index (χ1) is 10.1. The van der Waals surface area contributed by atoms with Crippen molar-refractivity contribution in [2.75, 3.05) is 4.90 Å². The van der Waals surface area contributed by atoms with Crippen molar-refractivity contribution in [3.05, 3.63) is 29.8 Å². The smallest absolute Gasteiger partial charge is 0.272 e. The molecule has 1 fully saturated rings. The van der Waals surface area contributed by atoms with Crippen molar-refractivity contribution in [1.29, 1.82) is 0 Å². The molecule has 1 aromatic carbocycles. The van der Waals surface area contributed by atoms with Crippen LogP contribution >= 0.6 is 35.1 Å². The van der Waals surface area contributed by atoms with Crippen molar-refractivity contribution in [3.8, 4) is 0 Å². The van der Waals surface area contributed by atoms with Crippen LogP contribution in [0.4, 0.5) is 28.1 Å². The zero-order chi connectivity index (χ0) is 16.7. The van der Waals surface area contributed by atoms with Gasteiger partial charge < -0.3 is 0 Å². The summed E-state index contributed by atoms with van der Waals surface area (Å²) in [5.41, 5.74) is -0.739. The fraction of sp³-hybridized carbons (Fsp3) is 0.364. The first-order valence-corrected chi connectivity index (χ1v) is 7.54. The van der Waals surface area contributed by atoms with E-state index in [9.17, 15) is 22.4 Å². The van der Waals surface area contributed by atoms with Gasteiger partial charge in [0.05, 0.1) is 5.56 Å². The van der Waals surface area contributed by atoms with Crippen LogP contribution in [0.2, 0.25) is 0 Å². The van der Waals surface area contributed by atoms with Crippen molar-refractivity contribution >= 4 is 46.9 Å². The van der Waals surface area contributed by atoms with E-state index in [1.165, 1.54) is 6.92 Å². The third kappa shape index (κ3) is 3.37. The number of amides is 2. The lowest BCUT2D eigenvalue weighted by Gasteiger charge is -2.24. The molecule has 0 aliphatic carbocycles. The fourth-order valence-electron chi connectivity index (χ4n) is 1.93. The number of halogens is 6. The summed E-state index contributed by atoms with van der Waals surface area (Å²) in [5, 5.41) is -0.190. The highest BCUT2D eigenvalue weighted by atomic mass is 35.5. The molecule has 1 aliphatic heterocycles. The van der Waals surface area contributed by atoms with Gasteiger partial charge in [-0.2, -0.15) is 13.2 Å². The first-order valence-electron chi connectivity index (χ1n) is 5.83. The second kappa shape index (κ2) is 6.31. The average Bonchev–Trinajstić information content (AvgIpc) is 2.62. The molecule has 0 radical (unpaired) electrons. The lowest BCUT2D eigenvalue weighted by Crippen LogP contribution is -2.34. The van der Waals surface area contributed by atoms with Gasteiger partial charge in [-0.3, -0.25) is 4.90 Å². The highest BCUT2D eigenvalue weighted by molar-refractivity contribution is 8.00. The van der Waals surface area contributed by atoms with Crippen LogP contribution in [0.15, 0.2) is 24.3 Å². The van der Waals surface area contributed by atoms with Crippen LogP contribution in [0.3, 0.4) is 0 Å². The van der Waals surface area contributed by atoms with Gasteiger partial charge in [-0.25, -0.2) is 4.79 Å². The van der Waals surface area contributed by atoms with E-state index >= 15 is 0 Å². The molecule has 122 valence electrons. The SMILES string of the molecule is CC1N(c2ccc(C(F)(F)F)cc2)C(=O)N(F)N1SC(Cl)Cl. The van der Waals surface area contributed by atoms with E-state index in [2.05, 4.69) is 0 Å². The highest BCUT2D eigenvalue weighted by Crippen LogP contribution is 2.37. The van der Waals surface area contributed by atoms with E-state index in [0.717, 1.165) is 33.6 Å². The number of benzene rings is 1. The van der Waals surface area contributed by atoms with E-state index < -0.39 is 28.1 Å². The second-order valence-corrected chi connectivity index (χ2v) is 6.93. The molecule has 1 aliphatic rings. The van der Waals surface area contributed by atoms with Crippen LogP contribution in [0.5, 0.6) is 0 Å². The number of urea groups is 1. The van der Waals surface area contributed by atoms with Crippen molar-refractivity contribution in [2.24, 2.45) is 0 Å². The molecular formula is C11H9Cl2F4N3OS. The van der Waals surface area contributed by atoms with Crippen LogP contribution in [-0.4, -0.2) is 26.0 Å².